The van der Waals surface area contributed by atoms with Gasteiger partial charge in [-0.2, -0.15) is 0 Å². The van der Waals surface area contributed by atoms with Crippen molar-refractivity contribution in [2.75, 3.05) is 19.6 Å². The average molecular weight is 437 g/mol. The zero-order valence-corrected chi connectivity index (χ0v) is 18.5. The molecule has 168 valence electrons. The molecule has 5 nitrogen and oxygen atoms in total. The lowest BCUT2D eigenvalue weighted by molar-refractivity contribution is -0.132. The Morgan fingerprint density at radius 2 is 1.66 bits per heavy atom. The minimum absolute atomic E-state index is 0.0252. The zero-order chi connectivity index (χ0) is 22.9. The van der Waals surface area contributed by atoms with Crippen molar-refractivity contribution >= 4 is 11.8 Å². The molecular weight excluding hydrogens is 407 g/mol. The highest BCUT2D eigenvalue weighted by atomic mass is 19.1. The summed E-state index contributed by atoms with van der Waals surface area (Å²) in [7, 11) is 0. The van der Waals surface area contributed by atoms with Crippen LogP contribution < -0.4 is 0 Å². The molecule has 2 aromatic carbocycles. The number of benzene rings is 2. The summed E-state index contributed by atoms with van der Waals surface area (Å²) in [5.74, 6) is -0.479. The third-order valence-electron chi connectivity index (χ3n) is 5.10. The van der Waals surface area contributed by atoms with Crippen LogP contribution in [-0.2, 0) is 17.8 Å². The van der Waals surface area contributed by atoms with Gasteiger partial charge >= 0.3 is 0 Å². The quantitative estimate of drug-likeness (QED) is 0.459. The molecule has 0 aliphatic carbocycles. The molecule has 0 spiro atoms. The number of carbonyl (C=O) groups excluding carboxylic acids is 2. The smallest absolute Gasteiger partial charge is 0.257 e. The summed E-state index contributed by atoms with van der Waals surface area (Å²) in [6, 6.07) is 19.4. The molecular formula is C26H29FN2O3. The summed E-state index contributed by atoms with van der Waals surface area (Å²) < 4.78 is 19.7. The van der Waals surface area contributed by atoms with E-state index in [9.17, 15) is 14.0 Å². The van der Waals surface area contributed by atoms with Crippen LogP contribution in [0.4, 0.5) is 4.39 Å². The molecule has 0 bridgehead atoms. The number of furan rings is 1. The molecule has 2 amide bonds. The Kier molecular flexibility index (Phi) is 8.20. The van der Waals surface area contributed by atoms with E-state index in [4.69, 9.17) is 4.42 Å². The minimum atomic E-state index is -0.588. The van der Waals surface area contributed by atoms with Gasteiger partial charge in [0.2, 0.25) is 5.91 Å². The molecule has 0 saturated carbocycles. The van der Waals surface area contributed by atoms with Gasteiger partial charge in [-0.25, -0.2) is 4.39 Å². The maximum atomic E-state index is 14.2. The molecule has 0 saturated heterocycles. The summed E-state index contributed by atoms with van der Waals surface area (Å²) in [6.45, 7) is 4.94. The Balaban J connectivity index is 1.77. The van der Waals surface area contributed by atoms with E-state index in [1.807, 2.05) is 50.2 Å². The van der Waals surface area contributed by atoms with Gasteiger partial charge in [0.15, 0.2) is 0 Å². The van der Waals surface area contributed by atoms with Crippen molar-refractivity contribution < 1.29 is 18.4 Å². The normalized spacial score (nSPS) is 10.9. The van der Waals surface area contributed by atoms with Gasteiger partial charge in [-0.1, -0.05) is 56.3 Å². The van der Waals surface area contributed by atoms with Gasteiger partial charge in [-0.05, 0) is 42.2 Å². The lowest BCUT2D eigenvalue weighted by atomic mass is 10.1. The standard InChI is InChI=1S/C26H29FN2O3/c1-20(2)17-29(26(31)23-12-6-7-13-24(23)27)19-25(30)28(18-22-11-8-16-32-22)15-14-21-9-4-3-5-10-21/h3-13,16,20H,14-15,17-19H2,1-2H3. The average Bonchev–Trinajstić information content (AvgIpc) is 3.29. The Hall–Kier alpha value is -3.41. The second-order valence-corrected chi connectivity index (χ2v) is 8.19. The summed E-state index contributed by atoms with van der Waals surface area (Å²) in [5.41, 5.74) is 1.09. The van der Waals surface area contributed by atoms with Crippen LogP contribution in [0.2, 0.25) is 0 Å². The van der Waals surface area contributed by atoms with Gasteiger partial charge in [-0.3, -0.25) is 9.59 Å². The summed E-state index contributed by atoms with van der Waals surface area (Å²) in [5, 5.41) is 0. The van der Waals surface area contributed by atoms with Crippen molar-refractivity contribution in [2.45, 2.75) is 26.8 Å². The zero-order valence-electron chi connectivity index (χ0n) is 18.5. The first kappa shape index (κ1) is 23.3. The number of carbonyl (C=O) groups is 2. The fraction of sp³-hybridized carbons (Fsp3) is 0.308. The predicted octanol–water partition coefficient (Wildman–Crippen LogP) is 4.79. The van der Waals surface area contributed by atoms with E-state index < -0.39 is 11.7 Å². The molecule has 3 rings (SSSR count). The molecule has 0 fully saturated rings. The molecule has 32 heavy (non-hydrogen) atoms. The summed E-state index contributed by atoms with van der Waals surface area (Å²) >= 11 is 0. The minimum Gasteiger partial charge on any atom is -0.467 e. The third-order valence-corrected chi connectivity index (χ3v) is 5.10. The Labute approximate surface area is 188 Å². The van der Waals surface area contributed by atoms with Crippen LogP contribution in [0.25, 0.3) is 0 Å². The number of rotatable bonds is 10. The number of halogens is 1. The topological polar surface area (TPSA) is 53.8 Å². The second kappa shape index (κ2) is 11.3. The predicted molar refractivity (Wildman–Crippen MR) is 121 cm³/mol. The van der Waals surface area contributed by atoms with Gasteiger partial charge in [0.25, 0.3) is 5.91 Å². The Morgan fingerprint density at radius 3 is 2.31 bits per heavy atom. The largest absolute Gasteiger partial charge is 0.467 e. The third kappa shape index (κ3) is 6.54. The van der Waals surface area contributed by atoms with Gasteiger partial charge in [0.05, 0.1) is 18.4 Å². The molecule has 0 unspecified atom stereocenters. The molecule has 3 aromatic rings. The highest BCUT2D eigenvalue weighted by molar-refractivity contribution is 5.96. The van der Waals surface area contributed by atoms with Crippen molar-refractivity contribution in [3.8, 4) is 0 Å². The van der Waals surface area contributed by atoms with Crippen LogP contribution >= 0.6 is 0 Å². The monoisotopic (exact) mass is 436 g/mol. The SMILES string of the molecule is CC(C)CN(CC(=O)N(CCc1ccccc1)Cc1ccco1)C(=O)c1ccccc1F. The Bertz CT molecular complexity index is 1000. The number of nitrogens with zero attached hydrogens (tertiary/aromatic N) is 2. The summed E-state index contributed by atoms with van der Waals surface area (Å²) in [6.07, 6.45) is 2.25. The maximum absolute atomic E-state index is 14.2. The van der Waals surface area contributed by atoms with E-state index in [-0.39, 0.29) is 23.9 Å². The Morgan fingerprint density at radius 1 is 0.938 bits per heavy atom. The number of hydrogen-bond acceptors (Lipinski definition) is 3. The lowest BCUT2D eigenvalue weighted by Gasteiger charge is -2.28. The van der Waals surface area contributed by atoms with Crippen LogP contribution in [0.3, 0.4) is 0 Å². The van der Waals surface area contributed by atoms with Gasteiger partial charge < -0.3 is 14.2 Å². The van der Waals surface area contributed by atoms with E-state index in [0.717, 1.165) is 5.56 Å². The van der Waals surface area contributed by atoms with Crippen molar-refractivity contribution in [3.05, 3.63) is 95.7 Å². The number of amides is 2. The van der Waals surface area contributed by atoms with E-state index in [0.29, 0.717) is 31.8 Å². The van der Waals surface area contributed by atoms with Crippen LogP contribution in [0.1, 0.15) is 35.5 Å². The lowest BCUT2D eigenvalue weighted by Crippen LogP contribution is -2.44. The van der Waals surface area contributed by atoms with Gasteiger partial charge in [0.1, 0.15) is 18.1 Å². The van der Waals surface area contributed by atoms with Crippen LogP contribution in [-0.4, -0.2) is 41.2 Å². The van der Waals surface area contributed by atoms with Crippen LogP contribution in [0.15, 0.2) is 77.4 Å². The first-order chi connectivity index (χ1) is 15.4. The highest BCUT2D eigenvalue weighted by Crippen LogP contribution is 2.14. The first-order valence-electron chi connectivity index (χ1n) is 10.8. The summed E-state index contributed by atoms with van der Waals surface area (Å²) in [4.78, 5) is 29.5. The molecule has 1 heterocycles. The molecule has 1 aromatic heterocycles. The highest BCUT2D eigenvalue weighted by Gasteiger charge is 2.25. The molecule has 0 N–H and O–H groups in total. The van der Waals surface area contributed by atoms with Gasteiger partial charge in [-0.15, -0.1) is 0 Å². The first-order valence-corrected chi connectivity index (χ1v) is 10.8. The molecule has 0 radical (unpaired) electrons. The van der Waals surface area contributed by atoms with E-state index >= 15 is 0 Å². The van der Waals surface area contributed by atoms with Crippen molar-refractivity contribution in [1.82, 2.24) is 9.80 Å². The molecule has 0 atom stereocenters. The molecule has 6 heteroatoms. The maximum Gasteiger partial charge on any atom is 0.257 e. The van der Waals surface area contributed by atoms with Crippen molar-refractivity contribution in [1.29, 1.82) is 0 Å². The van der Waals surface area contributed by atoms with E-state index in [1.54, 1.807) is 29.4 Å². The van der Waals surface area contributed by atoms with E-state index in [1.165, 1.54) is 17.0 Å². The fourth-order valence-corrected chi connectivity index (χ4v) is 3.52. The van der Waals surface area contributed by atoms with Crippen molar-refractivity contribution in [3.63, 3.8) is 0 Å². The van der Waals surface area contributed by atoms with Gasteiger partial charge in [0, 0.05) is 13.1 Å². The van der Waals surface area contributed by atoms with Crippen LogP contribution in [0.5, 0.6) is 0 Å². The van der Waals surface area contributed by atoms with Crippen molar-refractivity contribution in [2.24, 2.45) is 5.92 Å². The second-order valence-electron chi connectivity index (χ2n) is 8.19. The van der Waals surface area contributed by atoms with Crippen LogP contribution in [0, 0.1) is 11.7 Å². The fourth-order valence-electron chi connectivity index (χ4n) is 3.52. The molecule has 0 aliphatic heterocycles. The molecule has 0 aliphatic rings. The number of hydrogen-bond donors (Lipinski definition) is 0. The van der Waals surface area contributed by atoms with E-state index in [2.05, 4.69) is 0 Å².